The lowest BCUT2D eigenvalue weighted by Crippen LogP contribution is -2.48. The highest BCUT2D eigenvalue weighted by Gasteiger charge is 2.25. The van der Waals surface area contributed by atoms with Crippen molar-refractivity contribution in [1.82, 2.24) is 10.6 Å². The van der Waals surface area contributed by atoms with Crippen LogP contribution in [0, 0.1) is 0 Å². The van der Waals surface area contributed by atoms with Gasteiger partial charge >= 0.3 is 17.9 Å². The van der Waals surface area contributed by atoms with E-state index in [0.717, 1.165) is 0 Å². The van der Waals surface area contributed by atoms with Crippen molar-refractivity contribution < 1.29 is 39.3 Å². The van der Waals surface area contributed by atoms with Gasteiger partial charge in [0.05, 0.1) is 6.04 Å². The van der Waals surface area contributed by atoms with Gasteiger partial charge in [0.2, 0.25) is 11.8 Å². The minimum absolute atomic E-state index is 0.0359. The van der Waals surface area contributed by atoms with Gasteiger partial charge in [-0.25, -0.2) is 9.59 Å². The van der Waals surface area contributed by atoms with E-state index in [-0.39, 0.29) is 32.1 Å². The summed E-state index contributed by atoms with van der Waals surface area (Å²) in [7, 11) is 0. The fraction of sp³-hybridized carbons (Fsp3) is 0.667. The van der Waals surface area contributed by atoms with Crippen LogP contribution in [-0.2, 0) is 24.0 Å². The van der Waals surface area contributed by atoms with Crippen LogP contribution >= 0.6 is 0 Å². The fourth-order valence-corrected chi connectivity index (χ4v) is 2.03. The lowest BCUT2D eigenvalue weighted by molar-refractivity contribution is -0.143. The first-order chi connectivity index (χ1) is 12.5. The minimum atomic E-state index is -1.35. The topological polar surface area (TPSA) is 222 Å². The second kappa shape index (κ2) is 11.8. The summed E-state index contributed by atoms with van der Waals surface area (Å²) in [6, 6.07) is -4.65. The first-order valence-electron chi connectivity index (χ1n) is 8.25. The Morgan fingerprint density at radius 2 is 1.33 bits per heavy atom. The van der Waals surface area contributed by atoms with E-state index in [1.807, 2.05) is 0 Å². The van der Waals surface area contributed by atoms with Gasteiger partial charge in [0.25, 0.3) is 0 Å². The third-order valence-electron chi connectivity index (χ3n) is 3.65. The molecule has 0 aromatic heterocycles. The Balaban J connectivity index is 4.54. The molecule has 154 valence electrons. The molecule has 2 unspecified atom stereocenters. The molecule has 0 aliphatic carbocycles. The van der Waals surface area contributed by atoms with Gasteiger partial charge in [-0.05, 0) is 32.6 Å². The molecule has 0 heterocycles. The Morgan fingerprint density at radius 3 is 1.78 bits per heavy atom. The van der Waals surface area contributed by atoms with Crippen molar-refractivity contribution in [3.05, 3.63) is 0 Å². The lowest BCUT2D eigenvalue weighted by Gasteiger charge is -2.18. The molecule has 27 heavy (non-hydrogen) atoms. The molecule has 0 aliphatic rings. The number of carboxylic acids is 3. The van der Waals surface area contributed by atoms with Crippen LogP contribution in [-0.4, -0.2) is 69.2 Å². The van der Waals surface area contributed by atoms with Crippen molar-refractivity contribution >= 4 is 29.7 Å². The van der Waals surface area contributed by atoms with Crippen LogP contribution in [0.4, 0.5) is 0 Å². The van der Waals surface area contributed by atoms with Crippen molar-refractivity contribution in [3.63, 3.8) is 0 Å². The largest absolute Gasteiger partial charge is 0.480 e. The third kappa shape index (κ3) is 10.1. The molecule has 12 nitrogen and oxygen atoms in total. The summed E-state index contributed by atoms with van der Waals surface area (Å²) < 4.78 is 0. The Labute approximate surface area is 155 Å². The summed E-state index contributed by atoms with van der Waals surface area (Å²) in [5.74, 6) is -5.28. The molecule has 0 aliphatic heterocycles. The van der Waals surface area contributed by atoms with E-state index in [1.54, 1.807) is 0 Å². The van der Waals surface area contributed by atoms with Gasteiger partial charge in [0.15, 0.2) is 0 Å². The van der Waals surface area contributed by atoms with Gasteiger partial charge in [-0.15, -0.1) is 0 Å². The fourth-order valence-electron chi connectivity index (χ4n) is 2.03. The first-order valence-corrected chi connectivity index (χ1v) is 8.25. The van der Waals surface area contributed by atoms with E-state index in [1.165, 1.54) is 6.92 Å². The number of rotatable bonds is 13. The van der Waals surface area contributed by atoms with Crippen molar-refractivity contribution in [2.75, 3.05) is 0 Å². The maximum atomic E-state index is 11.9. The number of carbonyl (C=O) groups excluding carboxylic acids is 2. The average molecular weight is 390 g/mol. The monoisotopic (exact) mass is 390 g/mol. The SMILES string of the molecule is C[C@@H](N)C(=O)N[C@@H](CCC(=O)NC(CCCC(N)C(=O)O)C(=O)O)C(=O)O. The highest BCUT2D eigenvalue weighted by Crippen LogP contribution is 2.06. The molecule has 0 spiro atoms. The van der Waals surface area contributed by atoms with Crippen LogP contribution in [0.25, 0.3) is 0 Å². The van der Waals surface area contributed by atoms with E-state index >= 15 is 0 Å². The molecule has 12 heteroatoms. The second-order valence-corrected chi connectivity index (χ2v) is 6.06. The van der Waals surface area contributed by atoms with Crippen molar-refractivity contribution in [2.45, 2.75) is 63.2 Å². The summed E-state index contributed by atoms with van der Waals surface area (Å²) in [6.45, 7) is 1.37. The van der Waals surface area contributed by atoms with Crippen molar-refractivity contribution in [1.29, 1.82) is 0 Å². The summed E-state index contributed by atoms with van der Waals surface area (Å²) >= 11 is 0. The molecule has 0 bridgehead atoms. The van der Waals surface area contributed by atoms with Crippen LogP contribution in [0.15, 0.2) is 0 Å². The summed E-state index contributed by atoms with van der Waals surface area (Å²) in [5.41, 5.74) is 10.6. The van der Waals surface area contributed by atoms with Crippen LogP contribution in [0.2, 0.25) is 0 Å². The average Bonchev–Trinajstić information content (AvgIpc) is 2.56. The van der Waals surface area contributed by atoms with E-state index in [9.17, 15) is 24.0 Å². The molecule has 4 atom stereocenters. The second-order valence-electron chi connectivity index (χ2n) is 6.06. The maximum Gasteiger partial charge on any atom is 0.326 e. The number of nitrogens with one attached hydrogen (secondary N) is 2. The van der Waals surface area contributed by atoms with Crippen molar-refractivity contribution in [2.24, 2.45) is 11.5 Å². The molecule has 0 saturated heterocycles. The zero-order chi connectivity index (χ0) is 21.1. The van der Waals surface area contributed by atoms with E-state index < -0.39 is 53.9 Å². The molecular formula is C15H26N4O8. The van der Waals surface area contributed by atoms with Crippen LogP contribution < -0.4 is 22.1 Å². The molecule has 9 N–H and O–H groups in total. The van der Waals surface area contributed by atoms with Gasteiger partial charge < -0.3 is 37.4 Å². The summed E-state index contributed by atoms with van der Waals surface area (Å²) in [6.07, 6.45) is -0.428. The van der Waals surface area contributed by atoms with Crippen molar-refractivity contribution in [3.8, 4) is 0 Å². The number of aliphatic carboxylic acids is 3. The number of hydrogen-bond acceptors (Lipinski definition) is 7. The maximum absolute atomic E-state index is 11.9. The van der Waals surface area contributed by atoms with Crippen LogP contribution in [0.1, 0.15) is 39.0 Å². The molecule has 0 radical (unpaired) electrons. The molecule has 0 fully saturated rings. The molecule has 0 rings (SSSR count). The van der Waals surface area contributed by atoms with Gasteiger partial charge in [0, 0.05) is 6.42 Å². The zero-order valence-corrected chi connectivity index (χ0v) is 14.9. The normalized spacial score (nSPS) is 15.1. The number of carboxylic acid groups (broad SMARTS) is 3. The van der Waals surface area contributed by atoms with Gasteiger partial charge in [-0.1, -0.05) is 0 Å². The van der Waals surface area contributed by atoms with Crippen LogP contribution in [0.3, 0.4) is 0 Å². The van der Waals surface area contributed by atoms with Gasteiger partial charge in [-0.3, -0.25) is 14.4 Å². The van der Waals surface area contributed by atoms with E-state index in [0.29, 0.717) is 0 Å². The molecular weight excluding hydrogens is 364 g/mol. The lowest BCUT2D eigenvalue weighted by atomic mass is 10.1. The predicted octanol–water partition coefficient (Wildman–Crippen LogP) is -2.17. The third-order valence-corrected chi connectivity index (χ3v) is 3.65. The number of amides is 2. The molecule has 0 aromatic rings. The Morgan fingerprint density at radius 1 is 0.815 bits per heavy atom. The van der Waals surface area contributed by atoms with E-state index in [2.05, 4.69) is 10.6 Å². The molecule has 0 aromatic carbocycles. The molecule has 2 amide bonds. The number of nitrogens with two attached hydrogens (primary N) is 2. The van der Waals surface area contributed by atoms with E-state index in [4.69, 9.17) is 26.8 Å². The number of hydrogen-bond donors (Lipinski definition) is 7. The summed E-state index contributed by atoms with van der Waals surface area (Å²) in [4.78, 5) is 56.3. The minimum Gasteiger partial charge on any atom is -0.480 e. The number of carbonyl (C=O) groups is 5. The predicted molar refractivity (Wildman–Crippen MR) is 91.5 cm³/mol. The standard InChI is InChI=1S/C15H26N4O8/c1-7(16)12(21)19-10(15(26)27)5-6-11(20)18-9(14(24)25)4-2-3-8(17)13(22)23/h7-10H,2-6,16-17H2,1H3,(H,18,20)(H,19,21)(H,22,23)(H,24,25)(H,26,27)/t7-,8?,9?,10+/m1/s1. The van der Waals surface area contributed by atoms with Gasteiger partial charge in [0.1, 0.15) is 18.1 Å². The highest BCUT2D eigenvalue weighted by atomic mass is 16.4. The zero-order valence-electron chi connectivity index (χ0n) is 14.9. The smallest absolute Gasteiger partial charge is 0.326 e. The quantitative estimate of drug-likeness (QED) is 0.180. The highest BCUT2D eigenvalue weighted by molar-refractivity contribution is 5.87. The Bertz CT molecular complexity index is 566. The van der Waals surface area contributed by atoms with Gasteiger partial charge in [-0.2, -0.15) is 0 Å². The van der Waals surface area contributed by atoms with Crippen LogP contribution in [0.5, 0.6) is 0 Å². The first kappa shape index (κ1) is 24.3. The molecule has 0 saturated carbocycles. The summed E-state index contributed by atoms with van der Waals surface area (Å²) in [5, 5.41) is 31.3. The Kier molecular flexibility index (Phi) is 10.6. The Hall–Kier alpha value is -2.73.